The number of hydrogen-bond acceptors (Lipinski definition) is 3. The Morgan fingerprint density at radius 2 is 2.05 bits per heavy atom. The van der Waals surface area contributed by atoms with Gasteiger partial charge in [0.25, 0.3) is 0 Å². The molecule has 1 heterocycles. The molecule has 1 unspecified atom stereocenters. The molecule has 114 valence electrons. The second-order valence-electron chi connectivity index (χ2n) is 4.82. The Morgan fingerprint density at radius 3 is 2.62 bits per heavy atom. The van der Waals surface area contributed by atoms with Crippen molar-refractivity contribution in [1.82, 2.24) is 15.2 Å². The summed E-state index contributed by atoms with van der Waals surface area (Å²) in [6, 6.07) is 3.38. The summed E-state index contributed by atoms with van der Waals surface area (Å²) in [5, 5.41) is 4.07. The van der Waals surface area contributed by atoms with Crippen molar-refractivity contribution in [2.45, 2.75) is 25.8 Å². The van der Waals surface area contributed by atoms with Gasteiger partial charge in [0.1, 0.15) is 11.6 Å². The first-order valence-electron chi connectivity index (χ1n) is 6.58. The van der Waals surface area contributed by atoms with Crippen molar-refractivity contribution in [2.24, 2.45) is 12.9 Å². The van der Waals surface area contributed by atoms with Crippen molar-refractivity contribution < 1.29 is 8.78 Å². The Kier molecular flexibility index (Phi) is 4.92. The highest BCUT2D eigenvalue weighted by atomic mass is 35.5. The summed E-state index contributed by atoms with van der Waals surface area (Å²) in [5.41, 5.74) is 4.47. The number of nitrogens with two attached hydrogens (primary N) is 1. The van der Waals surface area contributed by atoms with E-state index < -0.39 is 17.7 Å². The van der Waals surface area contributed by atoms with Crippen LogP contribution >= 0.6 is 11.6 Å². The maximum Gasteiger partial charge on any atom is 0.142 e. The Morgan fingerprint density at radius 1 is 1.33 bits per heavy atom. The summed E-state index contributed by atoms with van der Waals surface area (Å²) >= 11 is 5.56. The molecule has 21 heavy (non-hydrogen) atoms. The predicted molar refractivity (Wildman–Crippen MR) is 77.7 cm³/mol. The minimum Gasteiger partial charge on any atom is -0.272 e. The average Bonchev–Trinajstić information content (AvgIpc) is 2.81. The number of nitrogens with one attached hydrogen (secondary N) is 1. The molecule has 0 aliphatic carbocycles. The summed E-state index contributed by atoms with van der Waals surface area (Å²) in [7, 11) is 1.81. The van der Waals surface area contributed by atoms with Gasteiger partial charge in [0.2, 0.25) is 0 Å². The number of halogens is 3. The van der Waals surface area contributed by atoms with Crippen LogP contribution in [-0.4, -0.2) is 9.78 Å². The van der Waals surface area contributed by atoms with Gasteiger partial charge in [0, 0.05) is 24.7 Å². The zero-order valence-corrected chi connectivity index (χ0v) is 12.6. The number of hydrazine groups is 1. The van der Waals surface area contributed by atoms with Gasteiger partial charge < -0.3 is 0 Å². The van der Waals surface area contributed by atoms with Crippen LogP contribution < -0.4 is 11.3 Å². The summed E-state index contributed by atoms with van der Waals surface area (Å²) in [6.45, 7) is 2.00. The van der Waals surface area contributed by atoms with Gasteiger partial charge in [0.15, 0.2) is 0 Å². The van der Waals surface area contributed by atoms with Crippen LogP contribution in [0.1, 0.15) is 29.9 Å². The van der Waals surface area contributed by atoms with Crippen LogP contribution in [0.25, 0.3) is 0 Å². The molecule has 1 atom stereocenters. The summed E-state index contributed by atoms with van der Waals surface area (Å²) in [4.78, 5) is 0. The number of aromatic nitrogens is 2. The zero-order valence-electron chi connectivity index (χ0n) is 11.8. The van der Waals surface area contributed by atoms with Crippen molar-refractivity contribution in [2.75, 3.05) is 0 Å². The Balaban J connectivity index is 2.31. The molecule has 4 nitrogen and oxygen atoms in total. The summed E-state index contributed by atoms with van der Waals surface area (Å²) in [6.07, 6.45) is 1.19. The van der Waals surface area contributed by atoms with Crippen LogP contribution in [0.2, 0.25) is 5.02 Å². The molecule has 0 radical (unpaired) electrons. The van der Waals surface area contributed by atoms with Crippen molar-refractivity contribution in [3.8, 4) is 0 Å². The first-order valence-corrected chi connectivity index (χ1v) is 6.96. The molecular weight excluding hydrogens is 298 g/mol. The molecule has 0 amide bonds. The van der Waals surface area contributed by atoms with E-state index in [0.29, 0.717) is 6.42 Å². The smallest absolute Gasteiger partial charge is 0.142 e. The molecule has 2 rings (SSSR count). The monoisotopic (exact) mass is 314 g/mol. The summed E-state index contributed by atoms with van der Waals surface area (Å²) < 4.78 is 29.2. The molecule has 7 heteroatoms. The van der Waals surface area contributed by atoms with Gasteiger partial charge in [0.05, 0.1) is 16.8 Å². The molecule has 0 aliphatic heterocycles. The fourth-order valence-electron chi connectivity index (χ4n) is 2.21. The highest BCUT2D eigenvalue weighted by Gasteiger charge is 2.19. The van der Waals surface area contributed by atoms with Crippen LogP contribution in [0.5, 0.6) is 0 Å². The van der Waals surface area contributed by atoms with E-state index in [1.165, 1.54) is 0 Å². The Hall–Kier alpha value is -1.50. The quantitative estimate of drug-likeness (QED) is 0.507. The van der Waals surface area contributed by atoms with Gasteiger partial charge >= 0.3 is 0 Å². The van der Waals surface area contributed by atoms with Crippen molar-refractivity contribution in [3.63, 3.8) is 0 Å². The molecule has 0 aliphatic rings. The first kappa shape index (κ1) is 15.9. The fraction of sp³-hybridized carbons (Fsp3) is 0.357. The van der Waals surface area contributed by atoms with Crippen LogP contribution in [0.4, 0.5) is 8.78 Å². The molecule has 0 saturated heterocycles. The molecular formula is C14H17ClF2N4. The highest BCUT2D eigenvalue weighted by Crippen LogP contribution is 2.26. The third-order valence-corrected chi connectivity index (χ3v) is 3.71. The van der Waals surface area contributed by atoms with Gasteiger partial charge in [-0.2, -0.15) is 5.10 Å². The molecule has 3 N–H and O–H groups in total. The third kappa shape index (κ3) is 3.40. The molecule has 1 aromatic carbocycles. The van der Waals surface area contributed by atoms with E-state index in [0.717, 1.165) is 29.9 Å². The average molecular weight is 315 g/mol. The standard InChI is InChI=1S/C14H17ClF2N4/c1-3-8-4-9(21(2)20-8)5-14(19-18)10-6-13(17)11(15)7-12(10)16/h4,6-7,14,19H,3,5,18H2,1-2H3. The lowest BCUT2D eigenvalue weighted by molar-refractivity contribution is 0.491. The van der Waals surface area contributed by atoms with Crippen LogP contribution in [0, 0.1) is 11.6 Å². The lowest BCUT2D eigenvalue weighted by atomic mass is 10.0. The highest BCUT2D eigenvalue weighted by molar-refractivity contribution is 6.30. The topological polar surface area (TPSA) is 55.9 Å². The third-order valence-electron chi connectivity index (χ3n) is 3.42. The number of hydrogen-bond donors (Lipinski definition) is 2. The van der Waals surface area contributed by atoms with Crippen LogP contribution in [0.3, 0.4) is 0 Å². The molecule has 0 bridgehead atoms. The molecule has 0 fully saturated rings. The minimum atomic E-state index is -0.674. The minimum absolute atomic E-state index is 0.138. The lowest BCUT2D eigenvalue weighted by Crippen LogP contribution is -2.31. The van der Waals surface area contributed by atoms with E-state index in [1.54, 1.807) is 11.7 Å². The molecule has 0 spiro atoms. The fourth-order valence-corrected chi connectivity index (χ4v) is 2.36. The normalized spacial score (nSPS) is 12.7. The van der Waals surface area contributed by atoms with Gasteiger partial charge in [-0.05, 0) is 24.6 Å². The Bertz CT molecular complexity index is 642. The second-order valence-corrected chi connectivity index (χ2v) is 5.22. The number of aryl methyl sites for hydroxylation is 2. The Labute approximate surface area is 126 Å². The van der Waals surface area contributed by atoms with Crippen molar-refractivity contribution in [3.05, 3.63) is 51.8 Å². The van der Waals surface area contributed by atoms with E-state index in [4.69, 9.17) is 17.4 Å². The summed E-state index contributed by atoms with van der Waals surface area (Å²) in [5.74, 6) is 4.23. The first-order chi connectivity index (χ1) is 9.96. The van der Waals surface area contributed by atoms with Gasteiger partial charge in [-0.25, -0.2) is 8.78 Å². The van der Waals surface area contributed by atoms with Gasteiger partial charge in [-0.15, -0.1) is 0 Å². The molecule has 0 saturated carbocycles. The second kappa shape index (κ2) is 6.51. The SMILES string of the molecule is CCc1cc(CC(NN)c2cc(F)c(Cl)cc2F)n(C)n1. The van der Waals surface area contributed by atoms with Crippen LogP contribution in [0.15, 0.2) is 18.2 Å². The lowest BCUT2D eigenvalue weighted by Gasteiger charge is -2.17. The maximum atomic E-state index is 14.0. The van der Waals surface area contributed by atoms with Crippen molar-refractivity contribution in [1.29, 1.82) is 0 Å². The number of benzene rings is 1. The van der Waals surface area contributed by atoms with E-state index in [-0.39, 0.29) is 10.6 Å². The number of nitrogens with zero attached hydrogens (tertiary/aromatic N) is 2. The van der Waals surface area contributed by atoms with Gasteiger partial charge in [-0.1, -0.05) is 18.5 Å². The van der Waals surface area contributed by atoms with E-state index in [1.807, 2.05) is 13.0 Å². The van der Waals surface area contributed by atoms with Crippen molar-refractivity contribution >= 4 is 11.6 Å². The largest absolute Gasteiger partial charge is 0.272 e. The van der Waals surface area contributed by atoms with E-state index >= 15 is 0 Å². The van der Waals surface area contributed by atoms with E-state index in [2.05, 4.69) is 10.5 Å². The van der Waals surface area contributed by atoms with E-state index in [9.17, 15) is 8.78 Å². The maximum absolute atomic E-state index is 14.0. The number of rotatable bonds is 5. The van der Waals surface area contributed by atoms with Crippen LogP contribution in [-0.2, 0) is 19.9 Å². The van der Waals surface area contributed by atoms with Gasteiger partial charge in [-0.3, -0.25) is 16.0 Å². The zero-order chi connectivity index (χ0) is 15.6. The molecule has 1 aromatic heterocycles. The molecule has 2 aromatic rings. The predicted octanol–water partition coefficient (Wildman–Crippen LogP) is 2.66.